The van der Waals surface area contributed by atoms with Crippen LogP contribution in [-0.4, -0.2) is 30.5 Å². The number of H-pyrrole nitrogens is 1. The molecule has 3 aromatic rings. The molecule has 1 saturated carbocycles. The Morgan fingerprint density at radius 2 is 2.16 bits per heavy atom. The van der Waals surface area contributed by atoms with Gasteiger partial charge in [-0.2, -0.15) is 5.10 Å². The SMILES string of the molecule is CC(=O)Cc1cc(-c2cc(-c3ncn[nH]3)n(CC3CC3)c2)c(C)cn1. The van der Waals surface area contributed by atoms with E-state index in [9.17, 15) is 4.79 Å². The molecule has 4 rings (SSSR count). The van der Waals surface area contributed by atoms with Crippen LogP contribution in [0.25, 0.3) is 22.6 Å². The first-order chi connectivity index (χ1) is 12.1. The van der Waals surface area contributed by atoms with E-state index in [1.54, 1.807) is 6.92 Å². The van der Waals surface area contributed by atoms with Crippen LogP contribution in [0.2, 0.25) is 0 Å². The van der Waals surface area contributed by atoms with E-state index in [1.165, 1.54) is 19.2 Å². The summed E-state index contributed by atoms with van der Waals surface area (Å²) in [7, 11) is 0. The van der Waals surface area contributed by atoms with Crippen molar-refractivity contribution in [3.63, 3.8) is 0 Å². The molecule has 1 fully saturated rings. The molecule has 0 radical (unpaired) electrons. The summed E-state index contributed by atoms with van der Waals surface area (Å²) >= 11 is 0. The molecule has 128 valence electrons. The lowest BCUT2D eigenvalue weighted by Gasteiger charge is -2.06. The Labute approximate surface area is 146 Å². The highest BCUT2D eigenvalue weighted by atomic mass is 16.1. The van der Waals surface area contributed by atoms with Crippen LogP contribution in [0.5, 0.6) is 0 Å². The van der Waals surface area contributed by atoms with E-state index in [0.29, 0.717) is 6.42 Å². The van der Waals surface area contributed by atoms with Crippen LogP contribution in [0.1, 0.15) is 31.0 Å². The Bertz CT molecular complexity index is 906. The lowest BCUT2D eigenvalue weighted by Crippen LogP contribution is -2.01. The zero-order valence-corrected chi connectivity index (χ0v) is 14.5. The van der Waals surface area contributed by atoms with Crippen molar-refractivity contribution in [2.45, 2.75) is 39.7 Å². The average molecular weight is 335 g/mol. The molecule has 0 spiro atoms. The predicted molar refractivity (Wildman–Crippen MR) is 94.9 cm³/mol. The zero-order chi connectivity index (χ0) is 17.4. The van der Waals surface area contributed by atoms with Gasteiger partial charge in [-0.05, 0) is 55.9 Å². The average Bonchev–Trinajstić information content (AvgIpc) is 3.07. The molecule has 25 heavy (non-hydrogen) atoms. The van der Waals surface area contributed by atoms with Crippen LogP contribution in [-0.2, 0) is 17.8 Å². The van der Waals surface area contributed by atoms with Gasteiger partial charge >= 0.3 is 0 Å². The van der Waals surface area contributed by atoms with E-state index in [-0.39, 0.29) is 5.78 Å². The first-order valence-corrected chi connectivity index (χ1v) is 8.61. The van der Waals surface area contributed by atoms with Crippen LogP contribution in [0.3, 0.4) is 0 Å². The number of carbonyl (C=O) groups is 1. The minimum absolute atomic E-state index is 0.121. The van der Waals surface area contributed by atoms with Crippen molar-refractivity contribution in [3.05, 3.63) is 42.1 Å². The fraction of sp³-hybridized carbons (Fsp3) is 0.368. The first-order valence-electron chi connectivity index (χ1n) is 8.61. The van der Waals surface area contributed by atoms with Gasteiger partial charge in [0.2, 0.25) is 0 Å². The standard InChI is InChI=1S/C19H21N5O/c1-12-8-20-16(5-13(2)25)7-17(12)15-6-18(19-21-11-22-23-19)24(10-15)9-14-3-4-14/h6-8,10-11,14H,3-5,9H2,1-2H3,(H,21,22,23). The number of nitrogens with zero attached hydrogens (tertiary/aromatic N) is 4. The van der Waals surface area contributed by atoms with E-state index in [2.05, 4.69) is 37.0 Å². The molecule has 0 atom stereocenters. The molecule has 0 amide bonds. The van der Waals surface area contributed by atoms with Gasteiger partial charge in [-0.25, -0.2) is 4.98 Å². The van der Waals surface area contributed by atoms with Crippen molar-refractivity contribution in [1.82, 2.24) is 24.7 Å². The van der Waals surface area contributed by atoms with Crippen LogP contribution in [0.15, 0.2) is 30.9 Å². The molecule has 6 heteroatoms. The summed E-state index contributed by atoms with van der Waals surface area (Å²) in [6.45, 7) is 4.64. The third-order valence-corrected chi connectivity index (χ3v) is 4.61. The van der Waals surface area contributed by atoms with Crippen molar-refractivity contribution in [3.8, 4) is 22.6 Å². The second-order valence-electron chi connectivity index (χ2n) is 6.91. The highest BCUT2D eigenvalue weighted by Crippen LogP contribution is 2.35. The maximum Gasteiger partial charge on any atom is 0.172 e. The lowest BCUT2D eigenvalue weighted by atomic mass is 10.0. The minimum Gasteiger partial charge on any atom is -0.344 e. The Morgan fingerprint density at radius 1 is 1.32 bits per heavy atom. The molecule has 0 bridgehead atoms. The lowest BCUT2D eigenvalue weighted by molar-refractivity contribution is -0.116. The molecular weight excluding hydrogens is 314 g/mol. The number of rotatable bonds is 6. The molecule has 1 N–H and O–H groups in total. The summed E-state index contributed by atoms with van der Waals surface area (Å²) in [6, 6.07) is 4.17. The quantitative estimate of drug-likeness (QED) is 0.750. The second-order valence-corrected chi connectivity index (χ2v) is 6.91. The van der Waals surface area contributed by atoms with Crippen LogP contribution < -0.4 is 0 Å². The van der Waals surface area contributed by atoms with Gasteiger partial charge in [0.05, 0.1) is 5.69 Å². The van der Waals surface area contributed by atoms with E-state index >= 15 is 0 Å². The van der Waals surface area contributed by atoms with E-state index in [4.69, 9.17) is 0 Å². The number of aromatic amines is 1. The number of ketones is 1. The van der Waals surface area contributed by atoms with E-state index in [0.717, 1.165) is 46.4 Å². The smallest absolute Gasteiger partial charge is 0.172 e. The molecule has 3 aromatic heterocycles. The van der Waals surface area contributed by atoms with Gasteiger partial charge in [0.25, 0.3) is 0 Å². The number of hydrogen-bond acceptors (Lipinski definition) is 4. The number of carbonyl (C=O) groups excluding carboxylic acids is 1. The van der Waals surface area contributed by atoms with Crippen molar-refractivity contribution >= 4 is 5.78 Å². The molecule has 0 aliphatic heterocycles. The molecule has 1 aliphatic carbocycles. The number of aryl methyl sites for hydroxylation is 1. The number of aromatic nitrogens is 5. The third kappa shape index (κ3) is 3.38. The normalized spacial score (nSPS) is 14.0. The molecule has 0 aromatic carbocycles. The Kier molecular flexibility index (Phi) is 3.95. The van der Waals surface area contributed by atoms with Gasteiger partial charge in [0.15, 0.2) is 5.82 Å². The third-order valence-electron chi connectivity index (χ3n) is 4.61. The van der Waals surface area contributed by atoms with Gasteiger partial charge in [-0.3, -0.25) is 14.9 Å². The highest BCUT2D eigenvalue weighted by molar-refractivity contribution is 5.79. The van der Waals surface area contributed by atoms with Gasteiger partial charge < -0.3 is 4.57 Å². The van der Waals surface area contributed by atoms with Gasteiger partial charge in [-0.15, -0.1) is 0 Å². The fourth-order valence-corrected chi connectivity index (χ4v) is 3.14. The van der Waals surface area contributed by atoms with E-state index < -0.39 is 0 Å². The number of nitrogens with one attached hydrogen (secondary N) is 1. The monoisotopic (exact) mass is 335 g/mol. The molecule has 0 unspecified atom stereocenters. The summed E-state index contributed by atoms with van der Waals surface area (Å²) in [5, 5.41) is 6.95. The van der Waals surface area contributed by atoms with Crippen molar-refractivity contribution in [2.24, 2.45) is 5.92 Å². The summed E-state index contributed by atoms with van der Waals surface area (Å²) in [5.74, 6) is 1.66. The van der Waals surface area contributed by atoms with Crippen LogP contribution in [0.4, 0.5) is 0 Å². The number of pyridine rings is 1. The summed E-state index contributed by atoms with van der Waals surface area (Å²) in [6.07, 6.45) is 8.51. The predicted octanol–water partition coefficient (Wildman–Crippen LogP) is 3.19. The largest absolute Gasteiger partial charge is 0.344 e. The zero-order valence-electron chi connectivity index (χ0n) is 14.5. The first kappa shape index (κ1) is 15.7. The minimum atomic E-state index is 0.121. The van der Waals surface area contributed by atoms with Gasteiger partial charge in [0, 0.05) is 36.6 Å². The summed E-state index contributed by atoms with van der Waals surface area (Å²) in [4.78, 5) is 20.1. The fourth-order valence-electron chi connectivity index (χ4n) is 3.14. The molecule has 1 aliphatic rings. The maximum atomic E-state index is 11.4. The van der Waals surface area contributed by atoms with Crippen molar-refractivity contribution in [1.29, 1.82) is 0 Å². The van der Waals surface area contributed by atoms with Gasteiger partial charge in [0.1, 0.15) is 12.1 Å². The van der Waals surface area contributed by atoms with Gasteiger partial charge in [-0.1, -0.05) is 0 Å². The second kappa shape index (κ2) is 6.27. The van der Waals surface area contributed by atoms with Crippen molar-refractivity contribution < 1.29 is 4.79 Å². The van der Waals surface area contributed by atoms with Crippen molar-refractivity contribution in [2.75, 3.05) is 0 Å². The Balaban J connectivity index is 1.76. The number of Topliss-reactive ketones (excluding diaryl/α,β-unsaturated/α-hetero) is 1. The summed E-state index contributed by atoms with van der Waals surface area (Å²) < 4.78 is 2.26. The summed E-state index contributed by atoms with van der Waals surface area (Å²) in [5.41, 5.74) is 5.19. The Hall–Kier alpha value is -2.76. The van der Waals surface area contributed by atoms with Crippen LogP contribution >= 0.6 is 0 Å². The Morgan fingerprint density at radius 3 is 2.84 bits per heavy atom. The highest BCUT2D eigenvalue weighted by Gasteiger charge is 2.24. The van der Waals surface area contributed by atoms with Crippen LogP contribution in [0, 0.1) is 12.8 Å². The van der Waals surface area contributed by atoms with E-state index in [1.807, 2.05) is 19.2 Å². The topological polar surface area (TPSA) is 76.5 Å². The maximum absolute atomic E-state index is 11.4. The number of hydrogen-bond donors (Lipinski definition) is 1. The molecular formula is C19H21N5O. The molecule has 3 heterocycles. The molecule has 0 saturated heterocycles. The molecule has 6 nitrogen and oxygen atoms in total.